The summed E-state index contributed by atoms with van der Waals surface area (Å²) >= 11 is 0. The number of hydrogen-bond acceptors (Lipinski definition) is 2. The fraction of sp³-hybridized carbons (Fsp3) is 0.824. The van der Waals surface area contributed by atoms with Crippen LogP contribution in [0.5, 0.6) is 0 Å². The highest BCUT2D eigenvalue weighted by Crippen LogP contribution is 2.28. The van der Waals surface area contributed by atoms with E-state index in [2.05, 4.69) is 23.4 Å². The molecule has 1 atom stereocenters. The fourth-order valence-corrected chi connectivity index (χ4v) is 3.36. The molecule has 0 amide bonds. The molecule has 0 bridgehead atoms. The van der Waals surface area contributed by atoms with Gasteiger partial charge in [0.1, 0.15) is 0 Å². The van der Waals surface area contributed by atoms with Gasteiger partial charge in [0.15, 0.2) is 0 Å². The summed E-state index contributed by atoms with van der Waals surface area (Å²) in [6, 6.07) is 2.76. The van der Waals surface area contributed by atoms with Gasteiger partial charge < -0.3 is 5.32 Å². The molecule has 0 saturated heterocycles. The third-order valence-corrected chi connectivity index (χ3v) is 4.56. The van der Waals surface area contributed by atoms with E-state index in [-0.39, 0.29) is 0 Å². The zero-order valence-corrected chi connectivity index (χ0v) is 13.3. The van der Waals surface area contributed by atoms with Gasteiger partial charge in [0.25, 0.3) is 0 Å². The SMILES string of the molecule is CCCNC(CCC1CCCCC1)Cc1ccn(C)n1. The molecule has 114 valence electrons. The van der Waals surface area contributed by atoms with Crippen LogP contribution in [-0.2, 0) is 13.5 Å². The van der Waals surface area contributed by atoms with Crippen molar-refractivity contribution in [1.82, 2.24) is 15.1 Å². The Morgan fingerprint density at radius 2 is 2.15 bits per heavy atom. The molecule has 1 N–H and O–H groups in total. The maximum atomic E-state index is 4.53. The molecule has 20 heavy (non-hydrogen) atoms. The smallest absolute Gasteiger partial charge is 0.0639 e. The number of aromatic nitrogens is 2. The van der Waals surface area contributed by atoms with Gasteiger partial charge >= 0.3 is 0 Å². The van der Waals surface area contributed by atoms with E-state index in [9.17, 15) is 0 Å². The van der Waals surface area contributed by atoms with Gasteiger partial charge in [-0.2, -0.15) is 5.10 Å². The lowest BCUT2D eigenvalue weighted by Crippen LogP contribution is -2.32. The van der Waals surface area contributed by atoms with Crippen molar-refractivity contribution in [3.05, 3.63) is 18.0 Å². The summed E-state index contributed by atoms with van der Waals surface area (Å²) < 4.78 is 1.91. The minimum Gasteiger partial charge on any atom is -0.314 e. The van der Waals surface area contributed by atoms with E-state index in [0.29, 0.717) is 6.04 Å². The molecule has 3 nitrogen and oxygen atoms in total. The summed E-state index contributed by atoms with van der Waals surface area (Å²) in [6.45, 7) is 3.37. The maximum absolute atomic E-state index is 4.53. The van der Waals surface area contributed by atoms with Crippen LogP contribution in [0.25, 0.3) is 0 Å². The number of rotatable bonds is 8. The van der Waals surface area contributed by atoms with Gasteiger partial charge in [-0.25, -0.2) is 0 Å². The van der Waals surface area contributed by atoms with Crippen LogP contribution in [0.15, 0.2) is 12.3 Å². The largest absolute Gasteiger partial charge is 0.314 e. The molecule has 1 aromatic heterocycles. The first-order valence-corrected chi connectivity index (χ1v) is 8.50. The Kier molecular flexibility index (Phi) is 6.58. The molecular weight excluding hydrogens is 246 g/mol. The van der Waals surface area contributed by atoms with E-state index in [4.69, 9.17) is 0 Å². The van der Waals surface area contributed by atoms with Gasteiger partial charge in [0.05, 0.1) is 5.69 Å². The molecule has 1 unspecified atom stereocenters. The maximum Gasteiger partial charge on any atom is 0.0639 e. The van der Waals surface area contributed by atoms with Gasteiger partial charge in [-0.15, -0.1) is 0 Å². The van der Waals surface area contributed by atoms with Gasteiger partial charge in [-0.05, 0) is 37.8 Å². The van der Waals surface area contributed by atoms with Gasteiger partial charge in [-0.1, -0.05) is 39.0 Å². The summed E-state index contributed by atoms with van der Waals surface area (Å²) in [6.07, 6.45) is 14.3. The van der Waals surface area contributed by atoms with E-state index in [1.165, 1.54) is 57.1 Å². The molecule has 1 aliphatic rings. The van der Waals surface area contributed by atoms with Crippen molar-refractivity contribution in [1.29, 1.82) is 0 Å². The highest BCUT2D eigenvalue weighted by molar-refractivity contribution is 5.01. The molecule has 0 radical (unpaired) electrons. The molecule has 1 aliphatic carbocycles. The van der Waals surface area contributed by atoms with Crippen LogP contribution in [-0.4, -0.2) is 22.4 Å². The Balaban J connectivity index is 1.79. The molecule has 0 aliphatic heterocycles. The molecule has 1 saturated carbocycles. The summed E-state index contributed by atoms with van der Waals surface area (Å²) in [5.41, 5.74) is 1.23. The topological polar surface area (TPSA) is 29.9 Å². The van der Waals surface area contributed by atoms with Crippen LogP contribution in [0, 0.1) is 5.92 Å². The summed E-state index contributed by atoms with van der Waals surface area (Å²) in [5, 5.41) is 8.25. The Labute approximate surface area is 124 Å². The molecular formula is C17H31N3. The third kappa shape index (κ3) is 5.28. The average molecular weight is 277 g/mol. The van der Waals surface area contributed by atoms with Crippen LogP contribution >= 0.6 is 0 Å². The van der Waals surface area contributed by atoms with E-state index in [0.717, 1.165) is 18.9 Å². The van der Waals surface area contributed by atoms with Crippen LogP contribution in [0.1, 0.15) is 64.0 Å². The summed E-state index contributed by atoms with van der Waals surface area (Å²) in [7, 11) is 2.00. The lowest BCUT2D eigenvalue weighted by atomic mass is 9.85. The van der Waals surface area contributed by atoms with Gasteiger partial charge in [0.2, 0.25) is 0 Å². The standard InChI is InChI=1S/C17H31N3/c1-3-12-18-16(14-17-11-13-20(2)19-17)10-9-15-7-5-4-6-8-15/h11,13,15-16,18H,3-10,12,14H2,1-2H3. The number of nitrogens with zero attached hydrogens (tertiary/aromatic N) is 2. The zero-order valence-electron chi connectivity index (χ0n) is 13.3. The first-order chi connectivity index (χ1) is 9.78. The number of nitrogens with one attached hydrogen (secondary N) is 1. The first kappa shape index (κ1) is 15.6. The second-order valence-corrected chi connectivity index (χ2v) is 6.42. The summed E-state index contributed by atoms with van der Waals surface area (Å²) in [5.74, 6) is 0.985. The van der Waals surface area contributed by atoms with Crippen LogP contribution in [0.2, 0.25) is 0 Å². The normalized spacial score (nSPS) is 18.3. The summed E-state index contributed by atoms with van der Waals surface area (Å²) in [4.78, 5) is 0. The Morgan fingerprint density at radius 3 is 2.80 bits per heavy atom. The Morgan fingerprint density at radius 1 is 1.35 bits per heavy atom. The third-order valence-electron chi connectivity index (χ3n) is 4.56. The lowest BCUT2D eigenvalue weighted by molar-refractivity contribution is 0.311. The van der Waals surface area contributed by atoms with Crippen molar-refractivity contribution < 1.29 is 0 Å². The highest BCUT2D eigenvalue weighted by atomic mass is 15.2. The second-order valence-electron chi connectivity index (χ2n) is 6.42. The molecule has 0 spiro atoms. The van der Waals surface area contributed by atoms with E-state index >= 15 is 0 Å². The van der Waals surface area contributed by atoms with Gasteiger partial charge in [0, 0.05) is 25.7 Å². The van der Waals surface area contributed by atoms with Crippen molar-refractivity contribution in [2.45, 2.75) is 70.8 Å². The lowest BCUT2D eigenvalue weighted by Gasteiger charge is -2.24. The van der Waals surface area contributed by atoms with Crippen LogP contribution in [0.4, 0.5) is 0 Å². The van der Waals surface area contributed by atoms with E-state index < -0.39 is 0 Å². The Hall–Kier alpha value is -0.830. The minimum atomic E-state index is 0.603. The van der Waals surface area contributed by atoms with Crippen molar-refractivity contribution in [2.24, 2.45) is 13.0 Å². The van der Waals surface area contributed by atoms with E-state index in [1.54, 1.807) is 0 Å². The van der Waals surface area contributed by atoms with Crippen LogP contribution < -0.4 is 5.32 Å². The predicted octanol–water partition coefficient (Wildman–Crippen LogP) is 3.69. The van der Waals surface area contributed by atoms with Crippen molar-refractivity contribution in [2.75, 3.05) is 6.54 Å². The molecule has 1 aromatic rings. The number of hydrogen-bond donors (Lipinski definition) is 1. The number of aryl methyl sites for hydroxylation is 1. The quantitative estimate of drug-likeness (QED) is 0.785. The average Bonchev–Trinajstić information content (AvgIpc) is 2.88. The van der Waals surface area contributed by atoms with Crippen molar-refractivity contribution >= 4 is 0 Å². The molecule has 0 aromatic carbocycles. The Bertz CT molecular complexity index is 366. The van der Waals surface area contributed by atoms with Gasteiger partial charge in [-0.3, -0.25) is 4.68 Å². The molecule has 1 heterocycles. The fourth-order valence-electron chi connectivity index (χ4n) is 3.36. The monoisotopic (exact) mass is 277 g/mol. The van der Waals surface area contributed by atoms with Crippen LogP contribution in [0.3, 0.4) is 0 Å². The molecule has 1 fully saturated rings. The molecule has 2 rings (SSSR count). The second kappa shape index (κ2) is 8.46. The van der Waals surface area contributed by atoms with Crippen molar-refractivity contribution in [3.8, 4) is 0 Å². The highest BCUT2D eigenvalue weighted by Gasteiger charge is 2.17. The predicted molar refractivity (Wildman–Crippen MR) is 84.8 cm³/mol. The first-order valence-electron chi connectivity index (χ1n) is 8.50. The van der Waals surface area contributed by atoms with Crippen molar-refractivity contribution in [3.63, 3.8) is 0 Å². The molecule has 3 heteroatoms. The van der Waals surface area contributed by atoms with E-state index in [1.807, 2.05) is 17.9 Å². The minimum absolute atomic E-state index is 0.603. The zero-order chi connectivity index (χ0) is 14.2.